The molecule has 0 aliphatic rings. The second-order valence-corrected chi connectivity index (χ2v) is 4.83. The van der Waals surface area contributed by atoms with Gasteiger partial charge < -0.3 is 5.32 Å². The summed E-state index contributed by atoms with van der Waals surface area (Å²) in [7, 11) is 1.95. The summed E-state index contributed by atoms with van der Waals surface area (Å²) in [6.07, 6.45) is 3.70. The van der Waals surface area contributed by atoms with E-state index in [1.54, 1.807) is 11.3 Å². The minimum Gasteiger partial charge on any atom is -0.315 e. The molecule has 0 spiro atoms. The Labute approximate surface area is 99.6 Å². The van der Waals surface area contributed by atoms with Gasteiger partial charge >= 0.3 is 0 Å². The van der Waals surface area contributed by atoms with E-state index in [1.807, 2.05) is 25.5 Å². The zero-order valence-corrected chi connectivity index (χ0v) is 10.6. The molecule has 0 atom stereocenters. The van der Waals surface area contributed by atoms with Crippen molar-refractivity contribution in [2.24, 2.45) is 0 Å². The van der Waals surface area contributed by atoms with Crippen LogP contribution in [0.2, 0.25) is 0 Å². The van der Waals surface area contributed by atoms with Gasteiger partial charge in [-0.25, -0.2) is 4.98 Å². The Morgan fingerprint density at radius 2 is 2.19 bits per heavy atom. The van der Waals surface area contributed by atoms with Crippen LogP contribution in [0.3, 0.4) is 0 Å². The van der Waals surface area contributed by atoms with Crippen molar-refractivity contribution in [1.29, 1.82) is 0 Å². The number of rotatable bonds is 3. The number of hydrogen-bond donors (Lipinski definition) is 1. The third kappa shape index (κ3) is 2.13. The van der Waals surface area contributed by atoms with Crippen molar-refractivity contribution in [3.63, 3.8) is 0 Å². The Hall–Kier alpha value is -1.26. The van der Waals surface area contributed by atoms with Crippen LogP contribution in [-0.2, 0) is 6.54 Å². The highest BCUT2D eigenvalue weighted by atomic mass is 32.1. The third-order valence-corrected chi connectivity index (χ3v) is 3.69. The standard InChI is InChI=1S/C12H15N3S/c1-8-4-5-14-6-10(8)12-15-9(2)11(16-12)7-13-3/h4-6,13H,7H2,1-3H3. The van der Waals surface area contributed by atoms with Gasteiger partial charge in [0.05, 0.1) is 5.69 Å². The van der Waals surface area contributed by atoms with Gasteiger partial charge in [-0.1, -0.05) is 0 Å². The Morgan fingerprint density at radius 1 is 1.38 bits per heavy atom. The molecular weight excluding hydrogens is 218 g/mol. The van der Waals surface area contributed by atoms with Gasteiger partial charge in [0, 0.05) is 29.4 Å². The Balaban J connectivity index is 2.42. The number of thiazole rings is 1. The molecule has 4 heteroatoms. The summed E-state index contributed by atoms with van der Waals surface area (Å²) in [4.78, 5) is 10.0. The molecule has 1 N–H and O–H groups in total. The highest BCUT2D eigenvalue weighted by molar-refractivity contribution is 7.15. The molecule has 0 radical (unpaired) electrons. The molecular formula is C12H15N3S. The van der Waals surface area contributed by atoms with Crippen molar-refractivity contribution in [3.8, 4) is 10.6 Å². The fourth-order valence-electron chi connectivity index (χ4n) is 1.56. The molecule has 2 aromatic rings. The number of nitrogens with zero attached hydrogens (tertiary/aromatic N) is 2. The second-order valence-electron chi connectivity index (χ2n) is 3.75. The molecule has 2 rings (SSSR count). The summed E-state index contributed by atoms with van der Waals surface area (Å²) in [6.45, 7) is 5.02. The van der Waals surface area contributed by atoms with Gasteiger partial charge in [-0.2, -0.15) is 0 Å². The maximum Gasteiger partial charge on any atom is 0.125 e. The molecule has 0 saturated heterocycles. The van der Waals surface area contributed by atoms with Crippen LogP contribution in [0.5, 0.6) is 0 Å². The minimum absolute atomic E-state index is 0.878. The molecule has 0 fully saturated rings. The summed E-state index contributed by atoms with van der Waals surface area (Å²) in [5.74, 6) is 0. The molecule has 84 valence electrons. The summed E-state index contributed by atoms with van der Waals surface area (Å²) in [5, 5.41) is 4.22. The van der Waals surface area contributed by atoms with Crippen molar-refractivity contribution in [3.05, 3.63) is 34.6 Å². The van der Waals surface area contributed by atoms with Crippen molar-refractivity contribution in [2.75, 3.05) is 7.05 Å². The van der Waals surface area contributed by atoms with Crippen LogP contribution in [0.15, 0.2) is 18.5 Å². The molecule has 0 unspecified atom stereocenters. The van der Waals surface area contributed by atoms with E-state index in [4.69, 9.17) is 0 Å². The normalized spacial score (nSPS) is 10.7. The molecule has 2 aromatic heterocycles. The van der Waals surface area contributed by atoms with Crippen LogP contribution in [0.1, 0.15) is 16.1 Å². The zero-order chi connectivity index (χ0) is 11.5. The summed E-state index contributed by atoms with van der Waals surface area (Å²) >= 11 is 1.74. The molecule has 16 heavy (non-hydrogen) atoms. The third-order valence-electron chi connectivity index (χ3n) is 2.50. The number of aromatic nitrogens is 2. The maximum atomic E-state index is 4.60. The molecule has 2 heterocycles. The first kappa shape index (κ1) is 11.2. The van der Waals surface area contributed by atoms with Gasteiger partial charge in [0.15, 0.2) is 0 Å². The predicted octanol–water partition coefficient (Wildman–Crippen LogP) is 2.54. The lowest BCUT2D eigenvalue weighted by atomic mass is 10.2. The quantitative estimate of drug-likeness (QED) is 0.885. The van der Waals surface area contributed by atoms with Crippen molar-refractivity contribution >= 4 is 11.3 Å². The van der Waals surface area contributed by atoms with E-state index in [-0.39, 0.29) is 0 Å². The highest BCUT2D eigenvalue weighted by Gasteiger charge is 2.10. The first-order valence-electron chi connectivity index (χ1n) is 5.24. The predicted molar refractivity (Wildman–Crippen MR) is 67.6 cm³/mol. The highest BCUT2D eigenvalue weighted by Crippen LogP contribution is 2.29. The van der Waals surface area contributed by atoms with Gasteiger partial charge in [0.1, 0.15) is 5.01 Å². The van der Waals surface area contributed by atoms with Crippen molar-refractivity contribution in [1.82, 2.24) is 15.3 Å². The smallest absolute Gasteiger partial charge is 0.125 e. The van der Waals surface area contributed by atoms with E-state index in [2.05, 4.69) is 29.1 Å². The monoisotopic (exact) mass is 233 g/mol. The lowest BCUT2D eigenvalue weighted by Crippen LogP contribution is -2.04. The molecule has 0 saturated carbocycles. The van der Waals surface area contributed by atoms with Gasteiger partial charge in [-0.15, -0.1) is 11.3 Å². The lowest BCUT2D eigenvalue weighted by Gasteiger charge is -1.99. The van der Waals surface area contributed by atoms with Crippen molar-refractivity contribution in [2.45, 2.75) is 20.4 Å². The minimum atomic E-state index is 0.878. The van der Waals surface area contributed by atoms with E-state index in [0.29, 0.717) is 0 Å². The first-order valence-corrected chi connectivity index (χ1v) is 6.06. The second kappa shape index (κ2) is 4.72. The molecule has 0 bridgehead atoms. The molecule has 0 amide bonds. The fraction of sp³-hybridized carbons (Fsp3) is 0.333. The Bertz CT molecular complexity index is 491. The maximum absolute atomic E-state index is 4.60. The van der Waals surface area contributed by atoms with Crippen LogP contribution in [0.25, 0.3) is 10.6 Å². The van der Waals surface area contributed by atoms with E-state index in [1.165, 1.54) is 10.4 Å². The van der Waals surface area contributed by atoms with Crippen LogP contribution in [0.4, 0.5) is 0 Å². The molecule has 0 aromatic carbocycles. The van der Waals surface area contributed by atoms with Crippen LogP contribution in [-0.4, -0.2) is 17.0 Å². The first-order chi connectivity index (χ1) is 7.72. The Kier molecular flexibility index (Phi) is 3.31. The number of pyridine rings is 1. The van der Waals surface area contributed by atoms with Crippen LogP contribution >= 0.6 is 11.3 Å². The Morgan fingerprint density at radius 3 is 2.88 bits per heavy atom. The zero-order valence-electron chi connectivity index (χ0n) is 9.74. The fourth-order valence-corrected chi connectivity index (χ4v) is 2.71. The largest absolute Gasteiger partial charge is 0.315 e. The topological polar surface area (TPSA) is 37.8 Å². The molecule has 0 aliphatic carbocycles. The van der Waals surface area contributed by atoms with Gasteiger partial charge in [-0.3, -0.25) is 4.98 Å². The molecule has 3 nitrogen and oxygen atoms in total. The van der Waals surface area contributed by atoms with Crippen LogP contribution in [0, 0.1) is 13.8 Å². The average molecular weight is 233 g/mol. The summed E-state index contributed by atoms with van der Waals surface area (Å²) in [6, 6.07) is 2.02. The number of aryl methyl sites for hydroxylation is 2. The lowest BCUT2D eigenvalue weighted by molar-refractivity contribution is 0.823. The van der Waals surface area contributed by atoms with E-state index >= 15 is 0 Å². The average Bonchev–Trinajstić information content (AvgIpc) is 2.61. The van der Waals surface area contributed by atoms with Gasteiger partial charge in [0.25, 0.3) is 0 Å². The van der Waals surface area contributed by atoms with Crippen molar-refractivity contribution < 1.29 is 0 Å². The van der Waals surface area contributed by atoms with E-state index in [9.17, 15) is 0 Å². The van der Waals surface area contributed by atoms with Gasteiger partial charge in [0.2, 0.25) is 0 Å². The van der Waals surface area contributed by atoms with Crippen LogP contribution < -0.4 is 5.32 Å². The van der Waals surface area contributed by atoms with Gasteiger partial charge in [-0.05, 0) is 32.5 Å². The number of nitrogens with one attached hydrogen (secondary N) is 1. The summed E-state index contributed by atoms with van der Waals surface area (Å²) < 4.78 is 0. The molecule has 0 aliphatic heterocycles. The SMILES string of the molecule is CNCc1sc(-c2cnccc2C)nc1C. The van der Waals surface area contributed by atoms with E-state index < -0.39 is 0 Å². The summed E-state index contributed by atoms with van der Waals surface area (Å²) in [5.41, 5.74) is 3.47. The van der Waals surface area contributed by atoms with E-state index in [0.717, 1.165) is 22.8 Å². The number of hydrogen-bond acceptors (Lipinski definition) is 4.